The summed E-state index contributed by atoms with van der Waals surface area (Å²) in [5, 5.41) is 0. The van der Waals surface area contributed by atoms with Crippen LogP contribution in [0.25, 0.3) is 0 Å². The standard InChI is InChI=1S/C7H10/c1-5-4-6-2-3-7(5)6/h4,6-7H,2-3H2,1H3. The average molecular weight is 94.2 g/mol. The van der Waals surface area contributed by atoms with E-state index in [0.29, 0.717) is 0 Å². The summed E-state index contributed by atoms with van der Waals surface area (Å²) in [6, 6.07) is 0. The summed E-state index contributed by atoms with van der Waals surface area (Å²) >= 11 is 0. The Morgan fingerprint density at radius 2 is 2.43 bits per heavy atom. The van der Waals surface area contributed by atoms with Crippen LogP contribution in [-0.2, 0) is 0 Å². The maximum Gasteiger partial charge on any atom is -0.0143 e. The van der Waals surface area contributed by atoms with Crippen LogP contribution in [0.3, 0.4) is 0 Å². The molecule has 0 aromatic carbocycles. The van der Waals surface area contributed by atoms with Gasteiger partial charge < -0.3 is 0 Å². The largest absolute Gasteiger partial charge is 0.0816 e. The van der Waals surface area contributed by atoms with E-state index < -0.39 is 0 Å². The van der Waals surface area contributed by atoms with Crippen LogP contribution in [0.15, 0.2) is 11.6 Å². The predicted octanol–water partition coefficient (Wildman–Crippen LogP) is 1.97. The normalized spacial score (nSPS) is 45.6. The minimum atomic E-state index is 1.03. The minimum Gasteiger partial charge on any atom is -0.0816 e. The molecule has 2 rings (SSSR count). The molecule has 0 nitrogen and oxygen atoms in total. The molecule has 0 N–H and O–H groups in total. The maximum absolute atomic E-state index is 2.41. The van der Waals surface area contributed by atoms with Gasteiger partial charge in [0.2, 0.25) is 0 Å². The first kappa shape index (κ1) is 3.71. The molecule has 0 bridgehead atoms. The molecular weight excluding hydrogens is 84.1 g/mol. The molecule has 0 aromatic rings. The second-order valence-corrected chi connectivity index (χ2v) is 2.76. The lowest BCUT2D eigenvalue weighted by atomic mass is 9.61. The fourth-order valence-corrected chi connectivity index (χ4v) is 1.63. The van der Waals surface area contributed by atoms with Crippen molar-refractivity contribution < 1.29 is 0 Å². The third-order valence-electron chi connectivity index (χ3n) is 2.39. The molecule has 38 valence electrons. The van der Waals surface area contributed by atoms with E-state index in [1.165, 1.54) is 12.8 Å². The molecule has 2 aliphatic carbocycles. The van der Waals surface area contributed by atoms with Gasteiger partial charge in [0, 0.05) is 0 Å². The molecule has 0 amide bonds. The molecule has 0 heterocycles. The number of hydrogen-bond acceptors (Lipinski definition) is 0. The molecule has 0 heteroatoms. The van der Waals surface area contributed by atoms with E-state index in [1.807, 2.05) is 0 Å². The zero-order valence-electron chi connectivity index (χ0n) is 4.65. The summed E-state index contributed by atoms with van der Waals surface area (Å²) in [6.45, 7) is 2.25. The monoisotopic (exact) mass is 94.1 g/mol. The Morgan fingerprint density at radius 3 is 2.43 bits per heavy atom. The van der Waals surface area contributed by atoms with E-state index in [2.05, 4.69) is 13.0 Å². The topological polar surface area (TPSA) is 0 Å². The third kappa shape index (κ3) is 0.287. The van der Waals surface area contributed by atoms with E-state index >= 15 is 0 Å². The zero-order valence-corrected chi connectivity index (χ0v) is 4.65. The third-order valence-corrected chi connectivity index (χ3v) is 2.39. The number of hydrogen-bond donors (Lipinski definition) is 0. The first-order valence-electron chi connectivity index (χ1n) is 3.06. The van der Waals surface area contributed by atoms with Crippen molar-refractivity contribution in [2.24, 2.45) is 11.8 Å². The van der Waals surface area contributed by atoms with Gasteiger partial charge in [-0.3, -0.25) is 0 Å². The summed E-state index contributed by atoms with van der Waals surface area (Å²) < 4.78 is 0. The first-order chi connectivity index (χ1) is 3.38. The van der Waals surface area contributed by atoms with Crippen LogP contribution in [0, 0.1) is 11.8 Å². The van der Waals surface area contributed by atoms with Gasteiger partial charge in [0.05, 0.1) is 0 Å². The Balaban J connectivity index is 2.22. The minimum absolute atomic E-state index is 1.03. The van der Waals surface area contributed by atoms with Crippen LogP contribution in [0.4, 0.5) is 0 Å². The van der Waals surface area contributed by atoms with E-state index in [9.17, 15) is 0 Å². The van der Waals surface area contributed by atoms with Gasteiger partial charge in [-0.25, -0.2) is 0 Å². The lowest BCUT2D eigenvalue weighted by Gasteiger charge is -2.43. The molecule has 0 aliphatic heterocycles. The average Bonchev–Trinajstić information content (AvgIpc) is 1.59. The van der Waals surface area contributed by atoms with E-state index in [4.69, 9.17) is 0 Å². The van der Waals surface area contributed by atoms with Crippen molar-refractivity contribution in [3.05, 3.63) is 11.6 Å². The van der Waals surface area contributed by atoms with Crippen molar-refractivity contribution >= 4 is 0 Å². The highest BCUT2D eigenvalue weighted by atomic mass is 14.4. The smallest absolute Gasteiger partial charge is 0.0143 e. The van der Waals surface area contributed by atoms with Gasteiger partial charge in [0.25, 0.3) is 0 Å². The molecule has 0 saturated heterocycles. The Kier molecular flexibility index (Phi) is 0.495. The van der Waals surface area contributed by atoms with Gasteiger partial charge in [-0.2, -0.15) is 0 Å². The highest BCUT2D eigenvalue weighted by Crippen LogP contribution is 2.48. The lowest BCUT2D eigenvalue weighted by molar-refractivity contribution is 0.226. The summed E-state index contributed by atoms with van der Waals surface area (Å²) in [7, 11) is 0. The molecule has 0 spiro atoms. The molecule has 7 heavy (non-hydrogen) atoms. The summed E-state index contributed by atoms with van der Waals surface area (Å²) in [5.41, 5.74) is 1.65. The van der Waals surface area contributed by atoms with Gasteiger partial charge in [0.1, 0.15) is 0 Å². The molecule has 0 radical (unpaired) electrons. The van der Waals surface area contributed by atoms with Crippen LogP contribution < -0.4 is 0 Å². The zero-order chi connectivity index (χ0) is 4.85. The van der Waals surface area contributed by atoms with Crippen molar-refractivity contribution in [3.63, 3.8) is 0 Å². The highest BCUT2D eigenvalue weighted by Gasteiger charge is 2.36. The summed E-state index contributed by atoms with van der Waals surface area (Å²) in [6.07, 6.45) is 5.36. The van der Waals surface area contributed by atoms with E-state index in [-0.39, 0.29) is 0 Å². The molecule has 2 atom stereocenters. The van der Waals surface area contributed by atoms with Crippen LogP contribution in [0.5, 0.6) is 0 Å². The fourth-order valence-electron chi connectivity index (χ4n) is 1.63. The van der Waals surface area contributed by atoms with Gasteiger partial charge in [-0.1, -0.05) is 11.6 Å². The Hall–Kier alpha value is -0.260. The Bertz CT molecular complexity index is 122. The van der Waals surface area contributed by atoms with Gasteiger partial charge in [-0.15, -0.1) is 0 Å². The second-order valence-electron chi connectivity index (χ2n) is 2.76. The van der Waals surface area contributed by atoms with E-state index in [1.54, 1.807) is 5.57 Å². The Morgan fingerprint density at radius 1 is 1.57 bits per heavy atom. The number of fused-ring (bicyclic) bond motifs is 1. The van der Waals surface area contributed by atoms with Crippen molar-refractivity contribution in [2.45, 2.75) is 19.8 Å². The highest BCUT2D eigenvalue weighted by molar-refractivity contribution is 5.24. The number of allylic oxidation sites excluding steroid dienone is 2. The predicted molar refractivity (Wildman–Crippen MR) is 30.0 cm³/mol. The maximum atomic E-state index is 2.41. The molecule has 1 fully saturated rings. The van der Waals surface area contributed by atoms with Crippen molar-refractivity contribution in [1.82, 2.24) is 0 Å². The van der Waals surface area contributed by atoms with Gasteiger partial charge in [0.15, 0.2) is 0 Å². The van der Waals surface area contributed by atoms with Crippen molar-refractivity contribution in [1.29, 1.82) is 0 Å². The van der Waals surface area contributed by atoms with Crippen molar-refractivity contribution in [3.8, 4) is 0 Å². The summed E-state index contributed by atoms with van der Waals surface area (Å²) in [5.74, 6) is 2.07. The Labute approximate surface area is 44.2 Å². The molecular formula is C7H10. The van der Waals surface area contributed by atoms with E-state index in [0.717, 1.165) is 11.8 Å². The number of rotatable bonds is 0. The van der Waals surface area contributed by atoms with Crippen LogP contribution >= 0.6 is 0 Å². The van der Waals surface area contributed by atoms with Crippen molar-refractivity contribution in [2.75, 3.05) is 0 Å². The molecule has 2 unspecified atom stereocenters. The fraction of sp³-hybridized carbons (Fsp3) is 0.714. The SMILES string of the molecule is CC1=CC2CCC12. The van der Waals surface area contributed by atoms with Crippen LogP contribution in [-0.4, -0.2) is 0 Å². The summed E-state index contributed by atoms with van der Waals surface area (Å²) in [4.78, 5) is 0. The second kappa shape index (κ2) is 0.936. The first-order valence-corrected chi connectivity index (χ1v) is 3.06. The van der Waals surface area contributed by atoms with Crippen LogP contribution in [0.1, 0.15) is 19.8 Å². The van der Waals surface area contributed by atoms with Crippen LogP contribution in [0.2, 0.25) is 0 Å². The molecule has 2 aliphatic rings. The quantitative estimate of drug-likeness (QED) is 0.402. The molecule has 1 saturated carbocycles. The lowest BCUT2D eigenvalue weighted by Crippen LogP contribution is -2.32. The van der Waals surface area contributed by atoms with Gasteiger partial charge >= 0.3 is 0 Å². The van der Waals surface area contributed by atoms with Gasteiger partial charge in [-0.05, 0) is 31.6 Å². The molecule has 0 aromatic heterocycles.